The van der Waals surface area contributed by atoms with E-state index in [2.05, 4.69) is 48.1 Å². The van der Waals surface area contributed by atoms with Gasteiger partial charge in [-0.1, -0.05) is 44.2 Å². The molecule has 2 heteroatoms. The van der Waals surface area contributed by atoms with Crippen LogP contribution in [0.1, 0.15) is 36.8 Å². The molecule has 0 bridgehead atoms. The van der Waals surface area contributed by atoms with Crippen molar-refractivity contribution in [2.24, 2.45) is 0 Å². The predicted molar refractivity (Wildman–Crippen MR) is 61.9 cm³/mol. The summed E-state index contributed by atoms with van der Waals surface area (Å²) in [6.07, 6.45) is 2.86. The Labute approximate surface area is 90.4 Å². The molecule has 0 aliphatic rings. The van der Waals surface area contributed by atoms with Gasteiger partial charge in [0.1, 0.15) is 5.82 Å². The fourth-order valence-electron chi connectivity index (χ4n) is 1.58. The lowest BCUT2D eigenvalue weighted by Gasteiger charge is -1.99. The average molecular weight is 200 g/mol. The van der Waals surface area contributed by atoms with Gasteiger partial charge in [-0.3, -0.25) is 0 Å². The molecule has 1 heterocycles. The van der Waals surface area contributed by atoms with Gasteiger partial charge in [-0.25, -0.2) is 4.98 Å². The maximum Gasteiger partial charge on any atom is 0.108 e. The van der Waals surface area contributed by atoms with Gasteiger partial charge in [-0.15, -0.1) is 0 Å². The number of hydrogen-bond acceptors (Lipinski definition) is 1. The van der Waals surface area contributed by atoms with Crippen molar-refractivity contribution in [3.05, 3.63) is 53.6 Å². The minimum atomic E-state index is 0.467. The summed E-state index contributed by atoms with van der Waals surface area (Å²) in [4.78, 5) is 7.71. The number of imidazole rings is 1. The second kappa shape index (κ2) is 4.30. The SMILES string of the molecule is CC(C)c1ncc(Cc2ccccc2)[nH]1. The van der Waals surface area contributed by atoms with Gasteiger partial charge < -0.3 is 4.98 Å². The summed E-state index contributed by atoms with van der Waals surface area (Å²) >= 11 is 0. The van der Waals surface area contributed by atoms with E-state index in [1.54, 1.807) is 0 Å². The minimum Gasteiger partial charge on any atom is -0.345 e. The average Bonchev–Trinajstić information content (AvgIpc) is 2.68. The molecule has 0 aliphatic heterocycles. The van der Waals surface area contributed by atoms with Gasteiger partial charge in [0, 0.05) is 24.2 Å². The number of aromatic nitrogens is 2. The van der Waals surface area contributed by atoms with Crippen molar-refractivity contribution in [1.82, 2.24) is 9.97 Å². The van der Waals surface area contributed by atoms with Crippen LogP contribution in [0.15, 0.2) is 36.5 Å². The molecule has 0 aliphatic carbocycles. The number of benzene rings is 1. The van der Waals surface area contributed by atoms with E-state index in [0.717, 1.165) is 12.2 Å². The molecule has 2 nitrogen and oxygen atoms in total. The van der Waals surface area contributed by atoms with Crippen LogP contribution in [-0.2, 0) is 6.42 Å². The molecule has 2 rings (SSSR count). The number of aromatic amines is 1. The Hall–Kier alpha value is -1.57. The summed E-state index contributed by atoms with van der Waals surface area (Å²) in [5.41, 5.74) is 2.50. The van der Waals surface area contributed by atoms with Crippen LogP contribution < -0.4 is 0 Å². The topological polar surface area (TPSA) is 28.7 Å². The van der Waals surface area contributed by atoms with E-state index in [4.69, 9.17) is 0 Å². The van der Waals surface area contributed by atoms with Crippen LogP contribution in [-0.4, -0.2) is 9.97 Å². The van der Waals surface area contributed by atoms with Gasteiger partial charge in [0.2, 0.25) is 0 Å². The highest BCUT2D eigenvalue weighted by molar-refractivity contribution is 5.21. The normalized spacial score (nSPS) is 10.9. The highest BCUT2D eigenvalue weighted by Gasteiger charge is 2.04. The third-order valence-corrected chi connectivity index (χ3v) is 2.43. The minimum absolute atomic E-state index is 0.467. The van der Waals surface area contributed by atoms with Crippen LogP contribution >= 0.6 is 0 Å². The van der Waals surface area contributed by atoms with Crippen molar-refractivity contribution < 1.29 is 0 Å². The van der Waals surface area contributed by atoms with Crippen molar-refractivity contribution >= 4 is 0 Å². The van der Waals surface area contributed by atoms with E-state index < -0.39 is 0 Å². The van der Waals surface area contributed by atoms with Gasteiger partial charge in [0.25, 0.3) is 0 Å². The zero-order valence-electron chi connectivity index (χ0n) is 9.20. The van der Waals surface area contributed by atoms with Gasteiger partial charge >= 0.3 is 0 Å². The van der Waals surface area contributed by atoms with Gasteiger partial charge in [-0.2, -0.15) is 0 Å². The number of rotatable bonds is 3. The van der Waals surface area contributed by atoms with E-state index in [1.165, 1.54) is 11.3 Å². The molecule has 78 valence electrons. The largest absolute Gasteiger partial charge is 0.345 e. The first-order valence-corrected chi connectivity index (χ1v) is 5.33. The Morgan fingerprint density at radius 3 is 2.53 bits per heavy atom. The van der Waals surface area contributed by atoms with Gasteiger partial charge in [-0.05, 0) is 5.56 Å². The smallest absolute Gasteiger partial charge is 0.108 e. The molecule has 1 aromatic carbocycles. The quantitative estimate of drug-likeness (QED) is 0.810. The number of hydrogen-bond donors (Lipinski definition) is 1. The van der Waals surface area contributed by atoms with E-state index in [1.807, 2.05) is 12.3 Å². The zero-order valence-corrected chi connectivity index (χ0v) is 9.20. The molecule has 0 radical (unpaired) electrons. The molecule has 0 saturated heterocycles. The van der Waals surface area contributed by atoms with Crippen molar-refractivity contribution in [3.8, 4) is 0 Å². The molecular formula is C13H16N2. The maximum absolute atomic E-state index is 4.36. The van der Waals surface area contributed by atoms with Crippen LogP contribution in [0.2, 0.25) is 0 Å². The monoisotopic (exact) mass is 200 g/mol. The fourth-order valence-corrected chi connectivity index (χ4v) is 1.58. The molecule has 2 aromatic rings. The van der Waals surface area contributed by atoms with Crippen molar-refractivity contribution in [1.29, 1.82) is 0 Å². The van der Waals surface area contributed by atoms with Crippen molar-refractivity contribution in [2.75, 3.05) is 0 Å². The van der Waals surface area contributed by atoms with Gasteiger partial charge in [0.05, 0.1) is 0 Å². The van der Waals surface area contributed by atoms with Crippen LogP contribution in [0.25, 0.3) is 0 Å². The van der Waals surface area contributed by atoms with Gasteiger partial charge in [0.15, 0.2) is 0 Å². The second-order valence-corrected chi connectivity index (χ2v) is 4.11. The van der Waals surface area contributed by atoms with Crippen molar-refractivity contribution in [2.45, 2.75) is 26.2 Å². The second-order valence-electron chi connectivity index (χ2n) is 4.11. The molecule has 0 saturated carbocycles. The maximum atomic E-state index is 4.36. The highest BCUT2D eigenvalue weighted by atomic mass is 14.9. The summed E-state index contributed by atoms with van der Waals surface area (Å²) in [5.74, 6) is 1.54. The van der Waals surface area contributed by atoms with E-state index >= 15 is 0 Å². The first-order chi connectivity index (χ1) is 7.25. The Morgan fingerprint density at radius 1 is 1.20 bits per heavy atom. The summed E-state index contributed by atoms with van der Waals surface area (Å²) < 4.78 is 0. The van der Waals surface area contributed by atoms with E-state index in [-0.39, 0.29) is 0 Å². The highest BCUT2D eigenvalue weighted by Crippen LogP contribution is 2.12. The van der Waals surface area contributed by atoms with E-state index in [0.29, 0.717) is 5.92 Å². The van der Waals surface area contributed by atoms with E-state index in [9.17, 15) is 0 Å². The molecule has 0 fully saturated rings. The lowest BCUT2D eigenvalue weighted by atomic mass is 10.1. The summed E-state index contributed by atoms with van der Waals surface area (Å²) in [5, 5.41) is 0. The Balaban J connectivity index is 2.12. The molecular weight excluding hydrogens is 184 g/mol. The summed E-state index contributed by atoms with van der Waals surface area (Å²) in [7, 11) is 0. The Morgan fingerprint density at radius 2 is 1.93 bits per heavy atom. The Kier molecular flexibility index (Phi) is 2.86. The molecule has 0 atom stereocenters. The standard InChI is InChI=1S/C13H16N2/c1-10(2)13-14-9-12(15-13)8-11-6-4-3-5-7-11/h3-7,9-10H,8H2,1-2H3,(H,14,15). The number of H-pyrrole nitrogens is 1. The molecule has 0 amide bonds. The Bertz CT molecular complexity index is 415. The third-order valence-electron chi connectivity index (χ3n) is 2.43. The van der Waals surface area contributed by atoms with Crippen LogP contribution in [0.4, 0.5) is 0 Å². The lowest BCUT2D eigenvalue weighted by Crippen LogP contribution is -1.91. The lowest BCUT2D eigenvalue weighted by molar-refractivity contribution is 0.790. The number of nitrogens with one attached hydrogen (secondary N) is 1. The molecule has 15 heavy (non-hydrogen) atoms. The van der Waals surface area contributed by atoms with Crippen LogP contribution in [0, 0.1) is 0 Å². The molecule has 0 unspecified atom stereocenters. The van der Waals surface area contributed by atoms with Crippen LogP contribution in [0.5, 0.6) is 0 Å². The zero-order chi connectivity index (χ0) is 10.7. The van der Waals surface area contributed by atoms with Crippen molar-refractivity contribution in [3.63, 3.8) is 0 Å². The first kappa shape index (κ1) is 9.97. The third kappa shape index (κ3) is 2.46. The van der Waals surface area contributed by atoms with Crippen LogP contribution in [0.3, 0.4) is 0 Å². The molecule has 1 aromatic heterocycles. The molecule has 1 N–H and O–H groups in total. The summed E-state index contributed by atoms with van der Waals surface area (Å²) in [6, 6.07) is 10.4. The summed E-state index contributed by atoms with van der Waals surface area (Å²) in [6.45, 7) is 4.29. The number of nitrogens with zero attached hydrogens (tertiary/aromatic N) is 1. The fraction of sp³-hybridized carbons (Fsp3) is 0.308. The predicted octanol–water partition coefficient (Wildman–Crippen LogP) is 3.12. The first-order valence-electron chi connectivity index (χ1n) is 5.33. The molecule has 0 spiro atoms.